The van der Waals surface area contributed by atoms with Crippen LogP contribution in [0.5, 0.6) is 0 Å². The van der Waals surface area contributed by atoms with Gasteiger partial charge in [-0.3, -0.25) is 0 Å². The SMILES string of the molecule is CCC1CCOCC1n1ncnn1. The van der Waals surface area contributed by atoms with Gasteiger partial charge in [-0.25, -0.2) is 0 Å². The molecular formula is C8H14N4O. The summed E-state index contributed by atoms with van der Waals surface area (Å²) in [6.07, 6.45) is 3.72. The Morgan fingerprint density at radius 3 is 3.23 bits per heavy atom. The van der Waals surface area contributed by atoms with E-state index in [1.165, 1.54) is 6.33 Å². The molecule has 0 radical (unpaired) electrons. The minimum absolute atomic E-state index is 0.279. The van der Waals surface area contributed by atoms with Crippen molar-refractivity contribution in [2.45, 2.75) is 25.8 Å². The van der Waals surface area contributed by atoms with Crippen LogP contribution < -0.4 is 0 Å². The molecule has 1 fully saturated rings. The second-order valence-corrected chi connectivity index (χ2v) is 3.36. The van der Waals surface area contributed by atoms with E-state index in [9.17, 15) is 0 Å². The Balaban J connectivity index is 2.11. The van der Waals surface area contributed by atoms with Crippen LogP contribution in [0.15, 0.2) is 6.33 Å². The summed E-state index contributed by atoms with van der Waals surface area (Å²) in [4.78, 5) is 1.67. The molecule has 5 nitrogen and oxygen atoms in total. The Hall–Kier alpha value is -0.970. The fourth-order valence-electron chi connectivity index (χ4n) is 1.83. The van der Waals surface area contributed by atoms with Gasteiger partial charge in [0, 0.05) is 6.61 Å². The molecule has 2 atom stereocenters. The number of tetrazole rings is 1. The highest BCUT2D eigenvalue weighted by Gasteiger charge is 2.27. The number of ether oxygens (including phenoxy) is 1. The molecule has 1 aromatic rings. The van der Waals surface area contributed by atoms with E-state index in [-0.39, 0.29) is 6.04 Å². The lowest BCUT2D eigenvalue weighted by atomic mass is 9.93. The number of hydrogen-bond donors (Lipinski definition) is 0. The second-order valence-electron chi connectivity index (χ2n) is 3.36. The second kappa shape index (κ2) is 3.83. The number of aromatic nitrogens is 4. The van der Waals surface area contributed by atoms with E-state index >= 15 is 0 Å². The number of nitrogens with zero attached hydrogens (tertiary/aromatic N) is 4. The third-order valence-electron chi connectivity index (χ3n) is 2.65. The van der Waals surface area contributed by atoms with Gasteiger partial charge in [0.05, 0.1) is 12.6 Å². The molecule has 0 aromatic carbocycles. The normalized spacial score (nSPS) is 29.0. The van der Waals surface area contributed by atoms with Crippen LogP contribution in [-0.4, -0.2) is 33.4 Å². The Morgan fingerprint density at radius 2 is 2.54 bits per heavy atom. The fourth-order valence-corrected chi connectivity index (χ4v) is 1.83. The third kappa shape index (κ3) is 1.70. The molecule has 13 heavy (non-hydrogen) atoms. The quantitative estimate of drug-likeness (QED) is 0.674. The van der Waals surface area contributed by atoms with Gasteiger partial charge in [-0.1, -0.05) is 13.3 Å². The van der Waals surface area contributed by atoms with Crippen molar-refractivity contribution in [3.63, 3.8) is 0 Å². The minimum Gasteiger partial charge on any atom is -0.379 e. The first-order valence-corrected chi connectivity index (χ1v) is 4.72. The fraction of sp³-hybridized carbons (Fsp3) is 0.875. The predicted octanol–water partition coefficient (Wildman–Crippen LogP) is 0.661. The Bertz CT molecular complexity index is 249. The predicted molar refractivity (Wildman–Crippen MR) is 46.1 cm³/mol. The van der Waals surface area contributed by atoms with Crippen LogP contribution in [0.3, 0.4) is 0 Å². The van der Waals surface area contributed by atoms with Crippen molar-refractivity contribution >= 4 is 0 Å². The molecule has 0 saturated carbocycles. The lowest BCUT2D eigenvalue weighted by Gasteiger charge is -2.29. The van der Waals surface area contributed by atoms with Crippen LogP contribution in [-0.2, 0) is 4.74 Å². The molecule has 0 N–H and O–H groups in total. The number of rotatable bonds is 2. The summed E-state index contributed by atoms with van der Waals surface area (Å²) < 4.78 is 5.41. The van der Waals surface area contributed by atoms with Gasteiger partial charge in [-0.2, -0.15) is 4.80 Å². The van der Waals surface area contributed by atoms with Crippen LogP contribution in [0.1, 0.15) is 25.8 Å². The molecular weight excluding hydrogens is 168 g/mol. The van der Waals surface area contributed by atoms with Crippen LogP contribution in [0.25, 0.3) is 0 Å². The molecule has 0 spiro atoms. The molecule has 2 heterocycles. The van der Waals surface area contributed by atoms with Gasteiger partial charge in [-0.05, 0) is 17.6 Å². The monoisotopic (exact) mass is 182 g/mol. The van der Waals surface area contributed by atoms with Crippen molar-refractivity contribution < 1.29 is 4.74 Å². The number of hydrogen-bond acceptors (Lipinski definition) is 4. The van der Waals surface area contributed by atoms with Gasteiger partial charge in [0.1, 0.15) is 0 Å². The van der Waals surface area contributed by atoms with Crippen LogP contribution in [0.4, 0.5) is 0 Å². The molecule has 2 rings (SSSR count). The lowest BCUT2D eigenvalue weighted by molar-refractivity contribution is 0.0106. The standard InChI is InChI=1S/C8H14N4O/c1-2-7-3-4-13-5-8(7)12-10-6-9-11-12/h6-8H,2-5H2,1H3. The molecule has 1 aromatic heterocycles. The maximum absolute atomic E-state index is 5.41. The van der Waals surface area contributed by atoms with Gasteiger partial charge in [0.25, 0.3) is 0 Å². The molecule has 0 aliphatic carbocycles. The first-order chi connectivity index (χ1) is 6.42. The summed E-state index contributed by atoms with van der Waals surface area (Å²) in [5.74, 6) is 0.628. The Morgan fingerprint density at radius 1 is 1.62 bits per heavy atom. The Kier molecular flexibility index (Phi) is 2.54. The van der Waals surface area contributed by atoms with E-state index in [2.05, 4.69) is 22.3 Å². The first kappa shape index (κ1) is 8.62. The van der Waals surface area contributed by atoms with Crippen molar-refractivity contribution in [1.29, 1.82) is 0 Å². The summed E-state index contributed by atoms with van der Waals surface area (Å²) >= 11 is 0. The first-order valence-electron chi connectivity index (χ1n) is 4.72. The lowest BCUT2D eigenvalue weighted by Crippen LogP contribution is -2.31. The maximum Gasteiger partial charge on any atom is 0.162 e. The van der Waals surface area contributed by atoms with Crippen LogP contribution >= 0.6 is 0 Å². The highest BCUT2D eigenvalue weighted by Crippen LogP contribution is 2.27. The Labute approximate surface area is 77.1 Å². The average Bonchev–Trinajstić information content (AvgIpc) is 2.70. The molecule has 1 saturated heterocycles. The van der Waals surface area contributed by atoms with E-state index < -0.39 is 0 Å². The van der Waals surface area contributed by atoms with Gasteiger partial charge in [0.15, 0.2) is 6.33 Å². The van der Waals surface area contributed by atoms with Gasteiger partial charge < -0.3 is 4.74 Å². The zero-order valence-electron chi connectivity index (χ0n) is 7.76. The van der Waals surface area contributed by atoms with Crippen LogP contribution in [0.2, 0.25) is 0 Å². The summed E-state index contributed by atoms with van der Waals surface area (Å²) in [6, 6.07) is 0.279. The summed E-state index contributed by atoms with van der Waals surface area (Å²) in [5, 5.41) is 11.7. The highest BCUT2D eigenvalue weighted by molar-refractivity contribution is 4.74. The molecule has 0 bridgehead atoms. The summed E-state index contributed by atoms with van der Waals surface area (Å²) in [6.45, 7) is 3.78. The molecule has 5 heteroatoms. The van der Waals surface area contributed by atoms with Crippen molar-refractivity contribution in [3.05, 3.63) is 6.33 Å². The molecule has 72 valence electrons. The third-order valence-corrected chi connectivity index (χ3v) is 2.65. The van der Waals surface area contributed by atoms with E-state index in [0.717, 1.165) is 26.1 Å². The van der Waals surface area contributed by atoms with E-state index in [0.29, 0.717) is 5.92 Å². The van der Waals surface area contributed by atoms with Gasteiger partial charge in [-0.15, -0.1) is 10.2 Å². The van der Waals surface area contributed by atoms with E-state index in [4.69, 9.17) is 4.74 Å². The highest BCUT2D eigenvalue weighted by atomic mass is 16.5. The van der Waals surface area contributed by atoms with E-state index in [1.807, 2.05) is 0 Å². The minimum atomic E-state index is 0.279. The van der Waals surface area contributed by atoms with Gasteiger partial charge in [0.2, 0.25) is 0 Å². The van der Waals surface area contributed by atoms with Crippen molar-refractivity contribution in [2.24, 2.45) is 5.92 Å². The van der Waals surface area contributed by atoms with Crippen LogP contribution in [0, 0.1) is 5.92 Å². The largest absolute Gasteiger partial charge is 0.379 e. The van der Waals surface area contributed by atoms with E-state index in [1.54, 1.807) is 4.80 Å². The summed E-state index contributed by atoms with van der Waals surface area (Å²) in [7, 11) is 0. The molecule has 1 aliphatic rings. The zero-order valence-corrected chi connectivity index (χ0v) is 7.76. The van der Waals surface area contributed by atoms with Crippen molar-refractivity contribution in [2.75, 3.05) is 13.2 Å². The smallest absolute Gasteiger partial charge is 0.162 e. The van der Waals surface area contributed by atoms with Crippen molar-refractivity contribution in [3.8, 4) is 0 Å². The summed E-state index contributed by atoms with van der Waals surface area (Å²) in [5.41, 5.74) is 0. The zero-order chi connectivity index (χ0) is 9.10. The van der Waals surface area contributed by atoms with Crippen molar-refractivity contribution in [1.82, 2.24) is 20.2 Å². The maximum atomic E-state index is 5.41. The molecule has 2 unspecified atom stereocenters. The molecule has 1 aliphatic heterocycles. The average molecular weight is 182 g/mol. The topological polar surface area (TPSA) is 52.8 Å². The molecule has 0 amide bonds. The van der Waals surface area contributed by atoms with Gasteiger partial charge >= 0.3 is 0 Å².